The second-order valence-electron chi connectivity index (χ2n) is 5.07. The smallest absolute Gasteiger partial charge is 0.387 e. The number of ether oxygens (including phenoxy) is 3. The molecule has 3 rings (SSSR count). The van der Waals surface area contributed by atoms with Crippen LogP contribution in [0.1, 0.15) is 11.5 Å². The lowest BCUT2D eigenvalue weighted by Gasteiger charge is -2.07. The van der Waals surface area contributed by atoms with Gasteiger partial charge in [0, 0.05) is 24.6 Å². The Labute approximate surface area is 140 Å². The molecule has 0 aliphatic carbocycles. The zero-order valence-electron chi connectivity index (χ0n) is 13.3. The van der Waals surface area contributed by atoms with Crippen molar-refractivity contribution in [2.24, 2.45) is 0 Å². The van der Waals surface area contributed by atoms with Gasteiger partial charge in [0.2, 0.25) is 0 Å². The second-order valence-corrected chi connectivity index (χ2v) is 5.07. The van der Waals surface area contributed by atoms with Crippen molar-refractivity contribution in [2.75, 3.05) is 14.2 Å². The van der Waals surface area contributed by atoms with E-state index in [-0.39, 0.29) is 0 Å². The van der Waals surface area contributed by atoms with Crippen LogP contribution in [0.2, 0.25) is 0 Å². The van der Waals surface area contributed by atoms with Gasteiger partial charge in [0.15, 0.2) is 23.1 Å². The number of fused-ring (bicyclic) bond motifs is 1. The quantitative estimate of drug-likeness (QED) is 0.736. The van der Waals surface area contributed by atoms with Gasteiger partial charge in [-0.3, -0.25) is 4.98 Å². The van der Waals surface area contributed by atoms with E-state index in [2.05, 4.69) is 19.7 Å². The van der Waals surface area contributed by atoms with Gasteiger partial charge in [0.05, 0.1) is 37.1 Å². The first kappa shape index (κ1) is 16.9. The molecule has 0 atom stereocenters. The molecule has 2 heterocycles. The van der Waals surface area contributed by atoms with E-state index in [1.807, 2.05) is 0 Å². The van der Waals surface area contributed by atoms with Gasteiger partial charge < -0.3 is 19.2 Å². The van der Waals surface area contributed by atoms with Crippen LogP contribution in [-0.2, 0) is 6.42 Å². The normalized spacial score (nSPS) is 11.1. The Kier molecular flexibility index (Phi) is 4.64. The Morgan fingerprint density at radius 3 is 2.52 bits per heavy atom. The summed E-state index contributed by atoms with van der Waals surface area (Å²) in [6.07, 6.45) is 1.83. The lowest BCUT2D eigenvalue weighted by atomic mass is 10.2. The maximum Gasteiger partial charge on any atom is 0.387 e. The van der Waals surface area contributed by atoms with Gasteiger partial charge in [0.1, 0.15) is 5.82 Å². The number of benzene rings is 1. The third-order valence-electron chi connectivity index (χ3n) is 3.48. The molecule has 0 unspecified atom stereocenters. The second kappa shape index (κ2) is 6.88. The highest BCUT2D eigenvalue weighted by atomic mass is 19.3. The standard InChI is InChI=1S/C16H14F3N3O3/c1-23-13-3-8(20-7-14(13)24-2)4-15-21-10-5-9(17)12(25-16(18)19)6-11(10)22-15/h3,5-7,16H,4H2,1-2H3,(H,21,22). The van der Waals surface area contributed by atoms with Crippen molar-refractivity contribution in [3.05, 3.63) is 41.7 Å². The molecule has 6 nitrogen and oxygen atoms in total. The summed E-state index contributed by atoms with van der Waals surface area (Å²) in [5.41, 5.74) is 1.32. The average molecular weight is 353 g/mol. The third-order valence-corrected chi connectivity index (χ3v) is 3.48. The number of halogens is 3. The number of imidazole rings is 1. The Morgan fingerprint density at radius 2 is 1.84 bits per heavy atom. The highest BCUT2D eigenvalue weighted by Crippen LogP contribution is 2.28. The molecule has 1 aromatic carbocycles. The van der Waals surface area contributed by atoms with Crippen LogP contribution in [-0.4, -0.2) is 35.8 Å². The first-order chi connectivity index (χ1) is 12.0. The molecule has 0 saturated heterocycles. The van der Waals surface area contributed by atoms with Crippen molar-refractivity contribution in [2.45, 2.75) is 13.0 Å². The van der Waals surface area contributed by atoms with E-state index >= 15 is 0 Å². The fourth-order valence-electron chi connectivity index (χ4n) is 2.38. The molecule has 9 heteroatoms. The number of aromatic amines is 1. The minimum Gasteiger partial charge on any atom is -0.493 e. The molecule has 0 radical (unpaired) electrons. The van der Waals surface area contributed by atoms with E-state index in [1.54, 1.807) is 6.07 Å². The summed E-state index contributed by atoms with van der Waals surface area (Å²) in [6, 6.07) is 3.88. The number of hydrogen-bond donors (Lipinski definition) is 1. The Bertz CT molecular complexity index is 899. The van der Waals surface area contributed by atoms with E-state index < -0.39 is 18.2 Å². The first-order valence-electron chi connectivity index (χ1n) is 7.20. The summed E-state index contributed by atoms with van der Waals surface area (Å²) in [4.78, 5) is 11.4. The number of nitrogens with one attached hydrogen (secondary N) is 1. The van der Waals surface area contributed by atoms with E-state index in [0.29, 0.717) is 40.5 Å². The molecule has 0 spiro atoms. The van der Waals surface area contributed by atoms with Gasteiger partial charge in [-0.05, 0) is 0 Å². The first-order valence-corrected chi connectivity index (χ1v) is 7.20. The SMILES string of the molecule is COc1cnc(Cc2nc3cc(OC(F)F)c(F)cc3[nH]2)cc1OC. The number of pyridine rings is 1. The minimum absolute atomic E-state index is 0.307. The van der Waals surface area contributed by atoms with Gasteiger partial charge in [-0.25, -0.2) is 9.37 Å². The molecular weight excluding hydrogens is 339 g/mol. The number of H-pyrrole nitrogens is 1. The van der Waals surface area contributed by atoms with Gasteiger partial charge in [-0.2, -0.15) is 8.78 Å². The maximum absolute atomic E-state index is 13.7. The highest BCUT2D eigenvalue weighted by molar-refractivity contribution is 5.77. The number of methoxy groups -OCH3 is 2. The number of rotatable bonds is 6. The van der Waals surface area contributed by atoms with Crippen LogP contribution in [0.15, 0.2) is 24.4 Å². The molecule has 0 saturated carbocycles. The molecule has 0 fully saturated rings. The highest BCUT2D eigenvalue weighted by Gasteiger charge is 2.14. The molecule has 0 bridgehead atoms. The molecule has 0 amide bonds. The number of aromatic nitrogens is 3. The van der Waals surface area contributed by atoms with E-state index in [4.69, 9.17) is 9.47 Å². The van der Waals surface area contributed by atoms with Gasteiger partial charge in [-0.15, -0.1) is 0 Å². The third kappa shape index (κ3) is 3.59. The van der Waals surface area contributed by atoms with Crippen LogP contribution in [0.5, 0.6) is 17.2 Å². The molecule has 25 heavy (non-hydrogen) atoms. The van der Waals surface area contributed by atoms with Crippen molar-refractivity contribution in [1.82, 2.24) is 15.0 Å². The average Bonchev–Trinajstić information content (AvgIpc) is 2.95. The Morgan fingerprint density at radius 1 is 1.08 bits per heavy atom. The van der Waals surface area contributed by atoms with Crippen molar-refractivity contribution in [3.8, 4) is 17.2 Å². The number of alkyl halides is 2. The van der Waals surface area contributed by atoms with Crippen molar-refractivity contribution in [3.63, 3.8) is 0 Å². The predicted octanol–water partition coefficient (Wildman–Crippen LogP) is 3.31. The van der Waals surface area contributed by atoms with Crippen LogP contribution >= 0.6 is 0 Å². The molecule has 0 aliphatic heterocycles. The van der Waals surface area contributed by atoms with Crippen LogP contribution in [0.4, 0.5) is 13.2 Å². The van der Waals surface area contributed by atoms with E-state index in [0.717, 1.165) is 12.1 Å². The molecule has 132 valence electrons. The lowest BCUT2D eigenvalue weighted by Crippen LogP contribution is -2.03. The molecular formula is C16H14F3N3O3. The predicted molar refractivity (Wildman–Crippen MR) is 82.8 cm³/mol. The lowest BCUT2D eigenvalue weighted by molar-refractivity contribution is -0.0520. The van der Waals surface area contributed by atoms with Crippen molar-refractivity contribution >= 4 is 11.0 Å². The van der Waals surface area contributed by atoms with Crippen LogP contribution in [0.3, 0.4) is 0 Å². The maximum atomic E-state index is 13.7. The Balaban J connectivity index is 1.89. The molecule has 1 N–H and O–H groups in total. The van der Waals surface area contributed by atoms with Gasteiger partial charge in [-0.1, -0.05) is 0 Å². The fraction of sp³-hybridized carbons (Fsp3) is 0.250. The number of nitrogens with zero attached hydrogens (tertiary/aromatic N) is 2. The van der Waals surface area contributed by atoms with Crippen molar-refractivity contribution in [1.29, 1.82) is 0 Å². The largest absolute Gasteiger partial charge is 0.493 e. The fourth-order valence-corrected chi connectivity index (χ4v) is 2.38. The summed E-state index contributed by atoms with van der Waals surface area (Å²) in [6.45, 7) is -3.11. The zero-order valence-corrected chi connectivity index (χ0v) is 13.3. The molecule has 0 aliphatic rings. The van der Waals surface area contributed by atoms with Gasteiger partial charge in [0.25, 0.3) is 0 Å². The van der Waals surface area contributed by atoms with Crippen LogP contribution in [0.25, 0.3) is 11.0 Å². The molecule has 2 aromatic heterocycles. The summed E-state index contributed by atoms with van der Waals surface area (Å²) in [5.74, 6) is 0.0503. The van der Waals surface area contributed by atoms with Crippen molar-refractivity contribution < 1.29 is 27.4 Å². The van der Waals surface area contributed by atoms with Gasteiger partial charge >= 0.3 is 6.61 Å². The minimum atomic E-state index is -3.11. The zero-order chi connectivity index (χ0) is 18.0. The summed E-state index contributed by atoms with van der Waals surface area (Å²) >= 11 is 0. The monoisotopic (exact) mass is 353 g/mol. The summed E-state index contributed by atoms with van der Waals surface area (Å²) in [7, 11) is 3.02. The van der Waals surface area contributed by atoms with Crippen LogP contribution < -0.4 is 14.2 Å². The Hall–Kier alpha value is -2.97. The topological polar surface area (TPSA) is 69.3 Å². The van der Waals surface area contributed by atoms with Crippen LogP contribution in [0, 0.1) is 5.82 Å². The van der Waals surface area contributed by atoms with E-state index in [9.17, 15) is 13.2 Å². The summed E-state index contributed by atoms with van der Waals surface area (Å²) in [5, 5.41) is 0. The molecule has 3 aromatic rings. The summed E-state index contributed by atoms with van der Waals surface area (Å²) < 4.78 is 52.8. The van der Waals surface area contributed by atoms with E-state index in [1.165, 1.54) is 20.4 Å². The number of hydrogen-bond acceptors (Lipinski definition) is 5.